The average molecular weight is 192 g/mol. The zero-order valence-electron chi connectivity index (χ0n) is 7.97. The first kappa shape index (κ1) is 10.3. The Balaban J connectivity index is 2.42. The van der Waals surface area contributed by atoms with Crippen LogP contribution in [-0.2, 0) is 9.53 Å². The number of carbonyl (C=O) groups is 1. The van der Waals surface area contributed by atoms with Crippen LogP contribution in [0.25, 0.3) is 0 Å². The lowest BCUT2D eigenvalue weighted by Gasteiger charge is -1.99. The van der Waals surface area contributed by atoms with Crippen LogP contribution in [0, 0.1) is 0 Å². The molecule has 1 aromatic carbocycles. The minimum Gasteiger partial charge on any atom is -0.501 e. The van der Waals surface area contributed by atoms with Crippen molar-refractivity contribution in [3.63, 3.8) is 0 Å². The molecule has 0 aliphatic rings. The SMILES string of the molecule is CCO/C=C/C(=O)Oc1ccccc1. The topological polar surface area (TPSA) is 35.5 Å². The zero-order valence-corrected chi connectivity index (χ0v) is 7.97. The molecule has 0 atom stereocenters. The molecule has 0 N–H and O–H groups in total. The average Bonchev–Trinajstić information content (AvgIpc) is 2.20. The van der Waals surface area contributed by atoms with E-state index in [4.69, 9.17) is 9.47 Å². The molecule has 14 heavy (non-hydrogen) atoms. The molecule has 1 aromatic rings. The van der Waals surface area contributed by atoms with Gasteiger partial charge in [0.1, 0.15) is 5.75 Å². The van der Waals surface area contributed by atoms with Gasteiger partial charge in [-0.3, -0.25) is 0 Å². The van der Waals surface area contributed by atoms with E-state index < -0.39 is 5.97 Å². The van der Waals surface area contributed by atoms with E-state index in [0.717, 1.165) is 0 Å². The molecular weight excluding hydrogens is 180 g/mol. The number of para-hydroxylation sites is 1. The van der Waals surface area contributed by atoms with E-state index in [2.05, 4.69) is 0 Å². The fourth-order valence-electron chi connectivity index (χ4n) is 0.839. The molecule has 0 bridgehead atoms. The number of hydrogen-bond donors (Lipinski definition) is 0. The van der Waals surface area contributed by atoms with Crippen LogP contribution in [0.3, 0.4) is 0 Å². The van der Waals surface area contributed by atoms with E-state index >= 15 is 0 Å². The second kappa shape index (κ2) is 5.80. The van der Waals surface area contributed by atoms with Gasteiger partial charge in [-0.1, -0.05) is 18.2 Å². The standard InChI is InChI=1S/C11H12O3/c1-2-13-9-8-11(12)14-10-6-4-3-5-7-10/h3-9H,2H2,1H3/b9-8+. The van der Waals surface area contributed by atoms with E-state index in [0.29, 0.717) is 12.4 Å². The van der Waals surface area contributed by atoms with E-state index in [1.807, 2.05) is 13.0 Å². The van der Waals surface area contributed by atoms with Gasteiger partial charge in [-0.15, -0.1) is 0 Å². The first-order chi connectivity index (χ1) is 6.83. The van der Waals surface area contributed by atoms with E-state index in [-0.39, 0.29) is 0 Å². The minimum absolute atomic E-state index is 0.440. The predicted octanol–water partition coefficient (Wildman–Crippen LogP) is 2.14. The van der Waals surface area contributed by atoms with Crippen LogP contribution < -0.4 is 4.74 Å². The van der Waals surface area contributed by atoms with Gasteiger partial charge in [0.25, 0.3) is 0 Å². The van der Waals surface area contributed by atoms with Gasteiger partial charge in [0.15, 0.2) is 0 Å². The highest BCUT2D eigenvalue weighted by Gasteiger charge is 1.97. The molecule has 0 amide bonds. The molecule has 0 fully saturated rings. The van der Waals surface area contributed by atoms with Crippen molar-refractivity contribution in [2.45, 2.75) is 6.92 Å². The Kier molecular flexibility index (Phi) is 4.27. The number of rotatable bonds is 4. The summed E-state index contributed by atoms with van der Waals surface area (Å²) in [5, 5.41) is 0. The molecule has 0 aliphatic carbocycles. The van der Waals surface area contributed by atoms with Crippen molar-refractivity contribution in [2.75, 3.05) is 6.61 Å². The number of ether oxygens (including phenoxy) is 2. The number of esters is 1. The van der Waals surface area contributed by atoms with Crippen molar-refractivity contribution in [2.24, 2.45) is 0 Å². The molecule has 0 heterocycles. The van der Waals surface area contributed by atoms with Crippen molar-refractivity contribution < 1.29 is 14.3 Å². The Morgan fingerprint density at radius 2 is 2.07 bits per heavy atom. The van der Waals surface area contributed by atoms with Crippen molar-refractivity contribution in [3.05, 3.63) is 42.7 Å². The van der Waals surface area contributed by atoms with E-state index in [9.17, 15) is 4.79 Å². The van der Waals surface area contributed by atoms with Crippen molar-refractivity contribution in [1.29, 1.82) is 0 Å². The molecule has 0 aliphatic heterocycles. The second-order valence-corrected chi connectivity index (χ2v) is 2.49. The predicted molar refractivity (Wildman–Crippen MR) is 52.8 cm³/mol. The van der Waals surface area contributed by atoms with Crippen molar-refractivity contribution in [1.82, 2.24) is 0 Å². The Labute approximate surface area is 83.0 Å². The third kappa shape index (κ3) is 3.76. The molecule has 0 radical (unpaired) electrons. The molecule has 1 rings (SSSR count). The summed E-state index contributed by atoms with van der Waals surface area (Å²) < 4.78 is 9.82. The highest BCUT2D eigenvalue weighted by Crippen LogP contribution is 2.08. The van der Waals surface area contributed by atoms with Gasteiger partial charge in [0.05, 0.1) is 18.9 Å². The summed E-state index contributed by atoms with van der Waals surface area (Å²) >= 11 is 0. The quantitative estimate of drug-likeness (QED) is 0.317. The Morgan fingerprint density at radius 3 is 2.71 bits per heavy atom. The third-order valence-corrected chi connectivity index (χ3v) is 1.43. The van der Waals surface area contributed by atoms with Crippen LogP contribution in [0.1, 0.15) is 6.92 Å². The molecule has 0 saturated heterocycles. The molecule has 0 saturated carbocycles. The van der Waals surface area contributed by atoms with Gasteiger partial charge in [-0.05, 0) is 19.1 Å². The Hall–Kier alpha value is -1.77. The molecule has 74 valence electrons. The lowest BCUT2D eigenvalue weighted by atomic mass is 10.3. The van der Waals surface area contributed by atoms with Crippen LogP contribution in [-0.4, -0.2) is 12.6 Å². The fraction of sp³-hybridized carbons (Fsp3) is 0.182. The van der Waals surface area contributed by atoms with Crippen LogP contribution >= 0.6 is 0 Å². The first-order valence-electron chi connectivity index (χ1n) is 4.38. The number of hydrogen-bond acceptors (Lipinski definition) is 3. The lowest BCUT2D eigenvalue weighted by Crippen LogP contribution is -2.03. The summed E-state index contributed by atoms with van der Waals surface area (Å²) in [5.41, 5.74) is 0. The van der Waals surface area contributed by atoms with Crippen LogP contribution in [0.2, 0.25) is 0 Å². The summed E-state index contributed by atoms with van der Waals surface area (Å²) in [6.07, 6.45) is 2.57. The number of benzene rings is 1. The normalized spacial score (nSPS) is 10.1. The second-order valence-electron chi connectivity index (χ2n) is 2.49. The molecular formula is C11H12O3. The van der Waals surface area contributed by atoms with Crippen LogP contribution in [0.15, 0.2) is 42.7 Å². The van der Waals surface area contributed by atoms with Gasteiger partial charge in [-0.25, -0.2) is 4.79 Å². The van der Waals surface area contributed by atoms with E-state index in [1.54, 1.807) is 24.3 Å². The van der Waals surface area contributed by atoms with Crippen LogP contribution in [0.5, 0.6) is 5.75 Å². The maximum absolute atomic E-state index is 11.1. The summed E-state index contributed by atoms with van der Waals surface area (Å²) in [4.78, 5) is 11.1. The summed E-state index contributed by atoms with van der Waals surface area (Å²) in [6.45, 7) is 2.38. The molecule has 0 aromatic heterocycles. The summed E-state index contributed by atoms with van der Waals surface area (Å²) in [6, 6.07) is 8.88. The monoisotopic (exact) mass is 192 g/mol. The minimum atomic E-state index is -0.440. The third-order valence-electron chi connectivity index (χ3n) is 1.43. The fourth-order valence-corrected chi connectivity index (χ4v) is 0.839. The maximum Gasteiger partial charge on any atom is 0.339 e. The summed E-state index contributed by atoms with van der Waals surface area (Å²) in [7, 11) is 0. The van der Waals surface area contributed by atoms with Crippen molar-refractivity contribution in [3.8, 4) is 5.75 Å². The molecule has 0 spiro atoms. The lowest BCUT2D eigenvalue weighted by molar-refractivity contribution is -0.129. The molecule has 3 heteroatoms. The largest absolute Gasteiger partial charge is 0.501 e. The van der Waals surface area contributed by atoms with Gasteiger partial charge in [0, 0.05) is 0 Å². The Bertz CT molecular complexity index is 304. The summed E-state index contributed by atoms with van der Waals surface area (Å²) in [5.74, 6) is 0.0864. The maximum atomic E-state index is 11.1. The smallest absolute Gasteiger partial charge is 0.339 e. The highest BCUT2D eigenvalue weighted by atomic mass is 16.5. The van der Waals surface area contributed by atoms with Crippen LogP contribution in [0.4, 0.5) is 0 Å². The van der Waals surface area contributed by atoms with Gasteiger partial charge >= 0.3 is 5.97 Å². The van der Waals surface area contributed by atoms with Gasteiger partial charge < -0.3 is 9.47 Å². The van der Waals surface area contributed by atoms with E-state index in [1.165, 1.54) is 12.3 Å². The first-order valence-corrected chi connectivity index (χ1v) is 4.38. The Morgan fingerprint density at radius 1 is 1.36 bits per heavy atom. The number of carbonyl (C=O) groups excluding carboxylic acids is 1. The molecule has 0 unspecified atom stereocenters. The zero-order chi connectivity index (χ0) is 10.2. The molecule has 3 nitrogen and oxygen atoms in total. The highest BCUT2D eigenvalue weighted by molar-refractivity contribution is 5.83. The van der Waals surface area contributed by atoms with Gasteiger partial charge in [-0.2, -0.15) is 0 Å². The van der Waals surface area contributed by atoms with Crippen molar-refractivity contribution >= 4 is 5.97 Å². The van der Waals surface area contributed by atoms with Gasteiger partial charge in [0.2, 0.25) is 0 Å².